The Balaban J connectivity index is 1.48. The summed E-state index contributed by atoms with van der Waals surface area (Å²) in [5, 5.41) is 2.84. The van der Waals surface area contributed by atoms with Crippen LogP contribution in [0.15, 0.2) is 53.9 Å². The van der Waals surface area contributed by atoms with Crippen molar-refractivity contribution < 1.29 is 9.53 Å². The Morgan fingerprint density at radius 1 is 1.20 bits per heavy atom. The number of benzene rings is 1. The first-order valence-corrected chi connectivity index (χ1v) is 10.0. The normalized spacial score (nSPS) is 11.9. The van der Waals surface area contributed by atoms with Crippen LogP contribution in [-0.4, -0.2) is 41.1 Å². The number of thioether (sulfide) groups is 1. The number of ether oxygens (including phenoxy) is 1. The Morgan fingerprint density at radius 3 is 2.83 bits per heavy atom. The highest BCUT2D eigenvalue weighted by atomic mass is 32.2. The van der Waals surface area contributed by atoms with Crippen molar-refractivity contribution >= 4 is 40.7 Å². The molecule has 0 radical (unpaired) electrons. The molecule has 0 aliphatic rings. The zero-order valence-corrected chi connectivity index (χ0v) is 16.8. The number of fused-ring (bicyclic) bond motifs is 1. The minimum absolute atomic E-state index is 0.0986. The zero-order valence-electron chi connectivity index (χ0n) is 15.9. The van der Waals surface area contributed by atoms with E-state index < -0.39 is 5.25 Å². The summed E-state index contributed by atoms with van der Waals surface area (Å²) >= 11 is 1.27. The lowest BCUT2D eigenvalue weighted by Gasteiger charge is -2.14. The Labute approximate surface area is 175 Å². The average Bonchev–Trinajstić information content (AvgIpc) is 3.21. The van der Waals surface area contributed by atoms with Crippen LogP contribution in [-0.2, 0) is 4.79 Å². The summed E-state index contributed by atoms with van der Waals surface area (Å²) in [5.41, 5.74) is 6.84. The van der Waals surface area contributed by atoms with Crippen LogP contribution in [0.4, 0.5) is 11.9 Å². The van der Waals surface area contributed by atoms with Crippen molar-refractivity contribution in [1.29, 1.82) is 0 Å². The van der Waals surface area contributed by atoms with Crippen molar-refractivity contribution in [3.05, 3.63) is 48.9 Å². The quantitative estimate of drug-likeness (QED) is 0.302. The maximum atomic E-state index is 12.8. The number of H-pyrrole nitrogens is 1. The third-order valence-corrected chi connectivity index (χ3v) is 5.37. The van der Waals surface area contributed by atoms with E-state index in [2.05, 4.69) is 35.2 Å². The predicted molar refractivity (Wildman–Crippen MR) is 113 cm³/mol. The molecule has 3 heterocycles. The molecule has 0 aliphatic heterocycles. The van der Waals surface area contributed by atoms with Crippen LogP contribution in [0.5, 0.6) is 11.6 Å². The van der Waals surface area contributed by atoms with Crippen LogP contribution in [0, 0.1) is 0 Å². The van der Waals surface area contributed by atoms with Gasteiger partial charge in [-0.3, -0.25) is 10.1 Å². The number of anilines is 2. The molecule has 0 bridgehead atoms. The Hall–Kier alpha value is -3.73. The van der Waals surface area contributed by atoms with Crippen LogP contribution in [0.25, 0.3) is 11.2 Å². The Bertz CT molecular complexity index is 1170. The SMILES string of the molecule is CC[C@H](Sc1nc(N)nc2nc[nH]c12)C(=O)Nc1nccc(Oc2ccccc2)n1. The first-order chi connectivity index (χ1) is 14.6. The molecule has 4 N–H and O–H groups in total. The molecular formula is C19H18N8O2S. The molecule has 10 nitrogen and oxygen atoms in total. The number of hydrogen-bond acceptors (Lipinski definition) is 9. The van der Waals surface area contributed by atoms with Crippen molar-refractivity contribution in [2.45, 2.75) is 23.6 Å². The zero-order chi connectivity index (χ0) is 20.9. The van der Waals surface area contributed by atoms with Gasteiger partial charge in [0.1, 0.15) is 16.3 Å². The summed E-state index contributed by atoms with van der Waals surface area (Å²) < 4.78 is 5.69. The summed E-state index contributed by atoms with van der Waals surface area (Å²) in [7, 11) is 0. The molecule has 0 spiro atoms. The highest BCUT2D eigenvalue weighted by Crippen LogP contribution is 2.29. The topological polar surface area (TPSA) is 145 Å². The molecule has 11 heteroatoms. The van der Waals surface area contributed by atoms with Crippen molar-refractivity contribution in [1.82, 2.24) is 29.9 Å². The second kappa shape index (κ2) is 8.74. The summed E-state index contributed by atoms with van der Waals surface area (Å²) in [5.74, 6) is 0.961. The van der Waals surface area contributed by atoms with E-state index in [0.29, 0.717) is 34.2 Å². The minimum Gasteiger partial charge on any atom is -0.439 e. The van der Waals surface area contributed by atoms with Crippen molar-refractivity contribution in [2.75, 3.05) is 11.1 Å². The number of nitrogen functional groups attached to an aromatic ring is 1. The molecule has 0 fully saturated rings. The number of carbonyl (C=O) groups is 1. The number of amides is 1. The molecule has 0 saturated heterocycles. The summed E-state index contributed by atoms with van der Waals surface area (Å²) in [6, 6.07) is 10.9. The van der Waals surface area contributed by atoms with Crippen LogP contribution in [0.2, 0.25) is 0 Å². The number of imidazole rings is 1. The Morgan fingerprint density at radius 2 is 2.03 bits per heavy atom. The molecule has 4 aromatic rings. The van der Waals surface area contributed by atoms with Gasteiger partial charge in [0.15, 0.2) is 5.65 Å². The second-order valence-electron chi connectivity index (χ2n) is 6.13. The number of nitrogens with one attached hydrogen (secondary N) is 2. The van der Waals surface area contributed by atoms with Crippen molar-refractivity contribution in [2.24, 2.45) is 0 Å². The van der Waals surface area contributed by atoms with Crippen LogP contribution < -0.4 is 15.8 Å². The predicted octanol–water partition coefficient (Wildman–Crippen LogP) is 3.03. The van der Waals surface area contributed by atoms with Crippen LogP contribution >= 0.6 is 11.8 Å². The van der Waals surface area contributed by atoms with E-state index in [9.17, 15) is 4.79 Å². The molecule has 30 heavy (non-hydrogen) atoms. The Kier molecular flexibility index (Phi) is 5.70. The number of aromatic nitrogens is 6. The highest BCUT2D eigenvalue weighted by Gasteiger charge is 2.22. The maximum Gasteiger partial charge on any atom is 0.240 e. The van der Waals surface area contributed by atoms with Crippen LogP contribution in [0.3, 0.4) is 0 Å². The molecule has 1 aromatic carbocycles. The second-order valence-corrected chi connectivity index (χ2v) is 7.32. The van der Waals surface area contributed by atoms with Gasteiger partial charge in [0, 0.05) is 12.3 Å². The smallest absolute Gasteiger partial charge is 0.240 e. The fraction of sp³-hybridized carbons (Fsp3) is 0.158. The van der Waals surface area contributed by atoms with Gasteiger partial charge in [-0.25, -0.2) is 15.0 Å². The molecule has 0 aliphatic carbocycles. The van der Waals surface area contributed by atoms with Gasteiger partial charge >= 0.3 is 0 Å². The van der Waals surface area contributed by atoms with Gasteiger partial charge in [0.25, 0.3) is 0 Å². The number of carbonyl (C=O) groups excluding carboxylic acids is 1. The van der Waals surface area contributed by atoms with Crippen LogP contribution in [0.1, 0.15) is 13.3 Å². The lowest BCUT2D eigenvalue weighted by atomic mass is 10.3. The van der Waals surface area contributed by atoms with E-state index in [-0.39, 0.29) is 17.8 Å². The van der Waals surface area contributed by atoms with Gasteiger partial charge in [0.2, 0.25) is 23.7 Å². The van der Waals surface area contributed by atoms with E-state index in [0.717, 1.165) is 0 Å². The summed E-state index contributed by atoms with van der Waals surface area (Å²) in [6.07, 6.45) is 3.58. The largest absolute Gasteiger partial charge is 0.439 e. The fourth-order valence-corrected chi connectivity index (χ4v) is 3.64. The molecule has 3 aromatic heterocycles. The standard InChI is InChI=1S/C19H18N8O2S/c1-2-12(30-17-14-15(23-10-22-14)25-18(20)27-17)16(28)26-19-21-9-8-13(24-19)29-11-6-4-3-5-7-11/h3-10,12H,2H2,1H3,(H,21,24,26,28)(H3,20,22,23,25,27)/t12-/m0/s1. The van der Waals surface area contributed by atoms with Crippen molar-refractivity contribution in [3.8, 4) is 11.6 Å². The minimum atomic E-state index is -0.451. The number of rotatable bonds is 7. The van der Waals surface area contributed by atoms with E-state index in [1.54, 1.807) is 6.07 Å². The van der Waals surface area contributed by atoms with Gasteiger partial charge in [-0.15, -0.1) is 0 Å². The molecule has 0 saturated carbocycles. The van der Waals surface area contributed by atoms with Gasteiger partial charge in [-0.2, -0.15) is 9.97 Å². The highest BCUT2D eigenvalue weighted by molar-refractivity contribution is 8.00. The van der Waals surface area contributed by atoms with Gasteiger partial charge < -0.3 is 15.5 Å². The fourth-order valence-electron chi connectivity index (χ4n) is 2.62. The van der Waals surface area contributed by atoms with Gasteiger partial charge in [-0.1, -0.05) is 36.9 Å². The molecular weight excluding hydrogens is 404 g/mol. The lowest BCUT2D eigenvalue weighted by molar-refractivity contribution is -0.115. The number of aromatic amines is 1. The monoisotopic (exact) mass is 422 g/mol. The third-order valence-electron chi connectivity index (χ3n) is 4.02. The number of hydrogen-bond donors (Lipinski definition) is 3. The van der Waals surface area contributed by atoms with E-state index in [1.807, 2.05) is 37.3 Å². The van der Waals surface area contributed by atoms with Crippen molar-refractivity contribution in [3.63, 3.8) is 0 Å². The maximum absolute atomic E-state index is 12.8. The number of nitrogens with two attached hydrogens (primary N) is 1. The summed E-state index contributed by atoms with van der Waals surface area (Å²) in [4.78, 5) is 36.6. The van der Waals surface area contributed by atoms with Gasteiger partial charge in [0.05, 0.1) is 11.6 Å². The lowest BCUT2D eigenvalue weighted by Crippen LogP contribution is -2.25. The first-order valence-electron chi connectivity index (χ1n) is 9.12. The summed E-state index contributed by atoms with van der Waals surface area (Å²) in [6.45, 7) is 1.90. The molecule has 152 valence electrons. The number of para-hydroxylation sites is 1. The molecule has 1 atom stereocenters. The van der Waals surface area contributed by atoms with E-state index >= 15 is 0 Å². The van der Waals surface area contributed by atoms with E-state index in [4.69, 9.17) is 10.5 Å². The number of nitrogens with zero attached hydrogens (tertiary/aromatic N) is 5. The molecule has 4 rings (SSSR count). The average molecular weight is 422 g/mol. The molecule has 1 amide bonds. The third kappa shape index (κ3) is 4.46. The first kappa shape index (κ1) is 19.6. The molecule has 0 unspecified atom stereocenters. The van der Waals surface area contributed by atoms with E-state index in [1.165, 1.54) is 24.3 Å². The van der Waals surface area contributed by atoms with Gasteiger partial charge in [-0.05, 0) is 18.6 Å².